The summed E-state index contributed by atoms with van der Waals surface area (Å²) in [5.41, 5.74) is -0.250. The number of carbonyl (C=O) groups excluding carboxylic acids is 1. The zero-order valence-corrected chi connectivity index (χ0v) is 9.79. The minimum absolute atomic E-state index is 0.0394. The molecule has 1 rings (SSSR count). The van der Waals surface area contributed by atoms with Crippen LogP contribution in [0.2, 0.25) is 0 Å². The maximum atomic E-state index is 11.0. The molecule has 1 aromatic carbocycles. The normalized spacial score (nSPS) is 13.1. The summed E-state index contributed by atoms with van der Waals surface area (Å²) in [6, 6.07) is 6.23. The van der Waals surface area contributed by atoms with Crippen molar-refractivity contribution in [1.29, 1.82) is 0 Å². The molecule has 0 aliphatic heterocycles. The molecular formula is C12H15NO4. The van der Waals surface area contributed by atoms with E-state index in [0.717, 1.165) is 0 Å². The van der Waals surface area contributed by atoms with Gasteiger partial charge in [0.25, 0.3) is 0 Å². The van der Waals surface area contributed by atoms with Crippen LogP contribution in [-0.4, -0.2) is 22.9 Å². The van der Waals surface area contributed by atoms with E-state index in [0.29, 0.717) is 11.8 Å². The Morgan fingerprint density at radius 3 is 2.65 bits per heavy atom. The Hall–Kier alpha value is -1.91. The van der Waals surface area contributed by atoms with E-state index < -0.39 is 16.3 Å². The van der Waals surface area contributed by atoms with Crippen molar-refractivity contribution in [3.05, 3.63) is 39.9 Å². The van der Waals surface area contributed by atoms with E-state index in [2.05, 4.69) is 0 Å². The van der Waals surface area contributed by atoms with Gasteiger partial charge in [-0.1, -0.05) is 26.0 Å². The molecule has 0 heterocycles. The Labute approximate surface area is 99.2 Å². The number of carbonyl (C=O) groups is 1. The molecule has 1 aromatic rings. The second-order valence-electron chi connectivity index (χ2n) is 4.60. The van der Waals surface area contributed by atoms with E-state index in [1.807, 2.05) is 0 Å². The number of hydrogen-bond donors (Lipinski definition) is 1. The molecule has 5 heteroatoms. The lowest BCUT2D eigenvalue weighted by molar-refractivity contribution is -0.485. The maximum absolute atomic E-state index is 11.0. The number of hydrogen-bond acceptors (Lipinski definition) is 4. The number of aldehydes is 1. The van der Waals surface area contributed by atoms with Gasteiger partial charge < -0.3 is 9.90 Å². The van der Waals surface area contributed by atoms with Gasteiger partial charge in [-0.25, -0.2) is 0 Å². The van der Waals surface area contributed by atoms with Gasteiger partial charge in [0, 0.05) is 10.3 Å². The lowest BCUT2D eigenvalue weighted by Crippen LogP contribution is -2.29. The molecule has 0 radical (unpaired) electrons. The van der Waals surface area contributed by atoms with E-state index in [9.17, 15) is 20.0 Å². The summed E-state index contributed by atoms with van der Waals surface area (Å²) in [5.74, 6) is -0.514. The zero-order valence-electron chi connectivity index (χ0n) is 9.79. The molecule has 0 aromatic heterocycles. The van der Waals surface area contributed by atoms with Gasteiger partial charge in [-0.3, -0.25) is 10.1 Å². The van der Waals surface area contributed by atoms with E-state index >= 15 is 0 Å². The quantitative estimate of drug-likeness (QED) is 0.482. The number of nitrogens with zero attached hydrogens (tertiary/aromatic N) is 1. The zero-order chi connectivity index (χ0) is 13.1. The van der Waals surface area contributed by atoms with Gasteiger partial charge in [-0.2, -0.15) is 0 Å². The van der Waals surface area contributed by atoms with Gasteiger partial charge in [-0.15, -0.1) is 0 Å². The van der Waals surface area contributed by atoms with Crippen molar-refractivity contribution in [2.45, 2.75) is 19.8 Å². The topological polar surface area (TPSA) is 80.4 Å². The number of rotatable bonds is 5. The van der Waals surface area contributed by atoms with Crippen molar-refractivity contribution in [3.63, 3.8) is 0 Å². The van der Waals surface area contributed by atoms with Gasteiger partial charge in [0.1, 0.15) is 12.0 Å². The third-order valence-corrected chi connectivity index (χ3v) is 2.81. The lowest BCUT2D eigenvalue weighted by Gasteiger charge is -2.26. The fourth-order valence-electron chi connectivity index (χ4n) is 1.74. The van der Waals surface area contributed by atoms with E-state index in [1.54, 1.807) is 26.0 Å². The third-order valence-electron chi connectivity index (χ3n) is 2.81. The first kappa shape index (κ1) is 13.2. The van der Waals surface area contributed by atoms with Crippen LogP contribution >= 0.6 is 0 Å². The molecule has 17 heavy (non-hydrogen) atoms. The minimum atomic E-state index is -0.846. The van der Waals surface area contributed by atoms with Gasteiger partial charge in [0.05, 0.1) is 5.92 Å². The smallest absolute Gasteiger partial charge is 0.211 e. The third kappa shape index (κ3) is 3.27. The number of phenolic OH excluding ortho intramolecular Hbond substituents is 1. The largest absolute Gasteiger partial charge is 0.508 e. The molecule has 5 nitrogen and oxygen atoms in total. The molecule has 0 bridgehead atoms. The first-order valence-corrected chi connectivity index (χ1v) is 5.24. The summed E-state index contributed by atoms with van der Waals surface area (Å²) in [5, 5.41) is 20.0. The van der Waals surface area contributed by atoms with E-state index in [-0.39, 0.29) is 12.3 Å². The lowest BCUT2D eigenvalue weighted by atomic mass is 9.76. The number of phenols is 1. The highest BCUT2D eigenvalue weighted by atomic mass is 16.6. The van der Waals surface area contributed by atoms with Crippen LogP contribution in [0.25, 0.3) is 0 Å². The first-order chi connectivity index (χ1) is 7.86. The van der Waals surface area contributed by atoms with Gasteiger partial charge in [-0.05, 0) is 17.7 Å². The average molecular weight is 237 g/mol. The van der Waals surface area contributed by atoms with Crippen molar-refractivity contribution in [2.75, 3.05) is 6.54 Å². The number of benzene rings is 1. The second-order valence-corrected chi connectivity index (χ2v) is 4.60. The fraction of sp³-hybridized carbons (Fsp3) is 0.417. The summed E-state index contributed by atoms with van der Waals surface area (Å²) in [6.07, 6.45) is 0.714. The molecule has 92 valence electrons. The maximum Gasteiger partial charge on any atom is 0.211 e. The van der Waals surface area contributed by atoms with E-state index in [1.165, 1.54) is 12.1 Å². The second kappa shape index (κ2) is 4.95. The number of aromatic hydroxyl groups is 1. The van der Waals surface area contributed by atoms with Crippen molar-refractivity contribution in [2.24, 2.45) is 5.41 Å². The predicted octanol–water partition coefficient (Wildman–Crippen LogP) is 1.98. The average Bonchev–Trinajstić information content (AvgIpc) is 2.25. The molecule has 0 aliphatic carbocycles. The van der Waals surface area contributed by atoms with Crippen LogP contribution in [0.5, 0.6) is 5.75 Å². The highest BCUT2D eigenvalue weighted by Crippen LogP contribution is 2.35. The van der Waals surface area contributed by atoms with Crippen LogP contribution in [0, 0.1) is 15.5 Å². The molecule has 1 N–H and O–H groups in total. The summed E-state index contributed by atoms with van der Waals surface area (Å²) in [6.45, 7) is 2.96. The van der Waals surface area contributed by atoms with Gasteiger partial charge >= 0.3 is 0 Å². The fourth-order valence-corrected chi connectivity index (χ4v) is 1.74. The highest BCUT2D eigenvalue weighted by molar-refractivity contribution is 5.60. The Bertz CT molecular complexity index is 428. The molecule has 0 amide bonds. The molecule has 0 saturated carbocycles. The predicted molar refractivity (Wildman–Crippen MR) is 62.6 cm³/mol. The molecule has 0 saturated heterocycles. The molecule has 1 atom stereocenters. The van der Waals surface area contributed by atoms with Gasteiger partial charge in [0.2, 0.25) is 6.54 Å². The van der Waals surface area contributed by atoms with Crippen LogP contribution in [0.15, 0.2) is 24.3 Å². The summed E-state index contributed by atoms with van der Waals surface area (Å²) < 4.78 is 0. The van der Waals surface area contributed by atoms with Crippen LogP contribution in [0.3, 0.4) is 0 Å². The van der Waals surface area contributed by atoms with Crippen molar-refractivity contribution < 1.29 is 14.8 Å². The van der Waals surface area contributed by atoms with Crippen molar-refractivity contribution in [3.8, 4) is 5.75 Å². The summed E-state index contributed by atoms with van der Waals surface area (Å²) in [7, 11) is 0. The minimum Gasteiger partial charge on any atom is -0.508 e. The number of nitro groups is 1. The SMILES string of the molecule is CC(C)(C=O)[C@@H](C[N+](=O)[O-])c1cccc(O)c1. The highest BCUT2D eigenvalue weighted by Gasteiger charge is 2.34. The molecular weight excluding hydrogens is 222 g/mol. The first-order valence-electron chi connectivity index (χ1n) is 5.24. The summed E-state index contributed by atoms with van der Waals surface area (Å²) >= 11 is 0. The Balaban J connectivity index is 3.14. The molecule has 0 aliphatic rings. The Morgan fingerprint density at radius 1 is 1.53 bits per heavy atom. The van der Waals surface area contributed by atoms with Crippen molar-refractivity contribution >= 4 is 6.29 Å². The summed E-state index contributed by atoms with van der Waals surface area (Å²) in [4.78, 5) is 21.2. The van der Waals surface area contributed by atoms with Crippen LogP contribution in [0.1, 0.15) is 25.3 Å². The van der Waals surface area contributed by atoms with E-state index in [4.69, 9.17) is 0 Å². The van der Waals surface area contributed by atoms with Crippen LogP contribution in [0.4, 0.5) is 0 Å². The molecule has 0 unspecified atom stereocenters. The van der Waals surface area contributed by atoms with Crippen LogP contribution in [-0.2, 0) is 4.79 Å². The molecule has 0 fully saturated rings. The Morgan fingerprint density at radius 2 is 2.18 bits per heavy atom. The molecule has 0 spiro atoms. The van der Waals surface area contributed by atoms with Crippen molar-refractivity contribution in [1.82, 2.24) is 0 Å². The monoisotopic (exact) mass is 237 g/mol. The standard InChI is InChI=1S/C12H15NO4/c1-12(2,8-14)11(7-13(16)17)9-4-3-5-10(15)6-9/h3-6,8,11,15H,7H2,1-2H3/t11-/m0/s1. The van der Waals surface area contributed by atoms with Gasteiger partial charge in [0.15, 0.2) is 0 Å². The Kier molecular flexibility index (Phi) is 3.83. The van der Waals surface area contributed by atoms with Crippen LogP contribution < -0.4 is 0 Å².